The number of ether oxygens (including phenoxy) is 1. The predicted molar refractivity (Wildman–Crippen MR) is 59.4 cm³/mol. The number of nitrogens with zero attached hydrogens (tertiary/aromatic N) is 2. The minimum absolute atomic E-state index is 0.0362. The lowest BCUT2D eigenvalue weighted by molar-refractivity contribution is 0.0600. The number of carbonyl (C=O) groups is 1. The average molecular weight is 239 g/mol. The third-order valence-corrected chi connectivity index (χ3v) is 2.38. The van der Waals surface area contributed by atoms with Gasteiger partial charge in [-0.25, -0.2) is 9.78 Å². The van der Waals surface area contributed by atoms with Crippen LogP contribution in [0.25, 0.3) is 0 Å². The molecular weight excluding hydrogens is 228 g/mol. The number of hydrogen-bond acceptors (Lipinski definition) is 4. The zero-order chi connectivity index (χ0) is 12.3. The maximum atomic E-state index is 11.5. The topological polar surface area (TPSA) is 63.0 Å². The van der Waals surface area contributed by atoms with Crippen molar-refractivity contribution in [2.75, 3.05) is 7.11 Å². The van der Waals surface area contributed by atoms with Crippen LogP contribution in [0.4, 0.5) is 0 Å². The third-order valence-electron chi connectivity index (χ3n) is 2.10. The number of carbonyl (C=O) groups excluding carboxylic acids is 1. The molecule has 0 N–H and O–H groups in total. The van der Waals surface area contributed by atoms with Gasteiger partial charge in [-0.2, -0.15) is 5.26 Å². The SMILES string of the molecule is COC(=O)c1cc(C(C)C)nc(Cl)c1C#N. The van der Waals surface area contributed by atoms with Crippen molar-refractivity contribution in [3.05, 3.63) is 28.0 Å². The molecule has 0 amide bonds. The second-order valence-corrected chi connectivity index (χ2v) is 3.88. The van der Waals surface area contributed by atoms with Crippen LogP contribution in [0.15, 0.2) is 6.07 Å². The van der Waals surface area contributed by atoms with Crippen molar-refractivity contribution in [2.24, 2.45) is 0 Å². The summed E-state index contributed by atoms with van der Waals surface area (Å²) in [5.74, 6) is -0.462. The van der Waals surface area contributed by atoms with Gasteiger partial charge in [0.25, 0.3) is 0 Å². The Morgan fingerprint density at radius 3 is 2.69 bits per heavy atom. The van der Waals surface area contributed by atoms with E-state index in [9.17, 15) is 4.79 Å². The van der Waals surface area contributed by atoms with Crippen LogP contribution < -0.4 is 0 Å². The van der Waals surface area contributed by atoms with E-state index < -0.39 is 5.97 Å². The lowest BCUT2D eigenvalue weighted by atomic mass is 10.0. The molecule has 0 aliphatic heterocycles. The normalized spacial score (nSPS) is 10.0. The Bertz CT molecular complexity index is 464. The summed E-state index contributed by atoms with van der Waals surface area (Å²) in [5, 5.41) is 8.93. The van der Waals surface area contributed by atoms with Gasteiger partial charge in [0.1, 0.15) is 16.8 Å². The molecule has 0 fully saturated rings. The molecule has 0 atom stereocenters. The van der Waals surface area contributed by atoms with Crippen LogP contribution in [0.1, 0.15) is 41.4 Å². The monoisotopic (exact) mass is 238 g/mol. The second-order valence-electron chi connectivity index (χ2n) is 3.52. The highest BCUT2D eigenvalue weighted by Gasteiger charge is 2.18. The standard InChI is InChI=1S/C11H11ClN2O2/c1-6(2)9-4-7(11(15)16-3)8(5-13)10(12)14-9/h4,6H,1-3H3. The Kier molecular flexibility index (Phi) is 3.86. The zero-order valence-corrected chi connectivity index (χ0v) is 10.00. The lowest BCUT2D eigenvalue weighted by Gasteiger charge is -2.09. The van der Waals surface area contributed by atoms with Gasteiger partial charge in [-0.05, 0) is 12.0 Å². The van der Waals surface area contributed by atoms with Crippen LogP contribution in [0.5, 0.6) is 0 Å². The van der Waals surface area contributed by atoms with Crippen molar-refractivity contribution in [3.63, 3.8) is 0 Å². The van der Waals surface area contributed by atoms with Gasteiger partial charge in [-0.15, -0.1) is 0 Å². The minimum Gasteiger partial charge on any atom is -0.465 e. The van der Waals surface area contributed by atoms with Crippen molar-refractivity contribution < 1.29 is 9.53 Å². The molecule has 0 aromatic carbocycles. The molecular formula is C11H11ClN2O2. The summed E-state index contributed by atoms with van der Waals surface area (Å²) in [7, 11) is 1.26. The molecule has 0 aliphatic rings. The van der Waals surface area contributed by atoms with Gasteiger partial charge in [-0.1, -0.05) is 25.4 Å². The van der Waals surface area contributed by atoms with Crippen molar-refractivity contribution in [1.82, 2.24) is 4.98 Å². The molecule has 5 heteroatoms. The number of esters is 1. The maximum absolute atomic E-state index is 11.5. The molecule has 0 radical (unpaired) electrons. The number of nitriles is 1. The Morgan fingerprint density at radius 1 is 1.62 bits per heavy atom. The Hall–Kier alpha value is -1.60. The molecule has 4 nitrogen and oxygen atoms in total. The fraction of sp³-hybridized carbons (Fsp3) is 0.364. The maximum Gasteiger partial charge on any atom is 0.339 e. The number of methoxy groups -OCH3 is 1. The summed E-state index contributed by atoms with van der Waals surface area (Å²) in [6, 6.07) is 3.39. The first-order valence-corrected chi connectivity index (χ1v) is 5.07. The molecule has 0 saturated carbocycles. The highest BCUT2D eigenvalue weighted by molar-refractivity contribution is 6.31. The molecule has 1 aromatic heterocycles. The first-order valence-electron chi connectivity index (χ1n) is 4.70. The number of hydrogen-bond donors (Lipinski definition) is 0. The number of rotatable bonds is 2. The minimum atomic E-state index is -0.581. The smallest absolute Gasteiger partial charge is 0.339 e. The van der Waals surface area contributed by atoms with Gasteiger partial charge in [-0.3, -0.25) is 0 Å². The molecule has 84 valence electrons. The molecule has 1 aromatic rings. The highest BCUT2D eigenvalue weighted by atomic mass is 35.5. The number of halogens is 1. The number of pyridine rings is 1. The average Bonchev–Trinajstić information content (AvgIpc) is 2.26. The van der Waals surface area contributed by atoms with Gasteiger partial charge in [0.2, 0.25) is 0 Å². The molecule has 1 rings (SSSR count). The second kappa shape index (κ2) is 4.95. The fourth-order valence-electron chi connectivity index (χ4n) is 1.21. The van der Waals surface area contributed by atoms with Gasteiger partial charge in [0.15, 0.2) is 0 Å². The quantitative estimate of drug-likeness (QED) is 0.587. The van der Waals surface area contributed by atoms with E-state index in [1.807, 2.05) is 19.9 Å². The zero-order valence-electron chi connectivity index (χ0n) is 9.24. The van der Waals surface area contributed by atoms with Crippen molar-refractivity contribution in [1.29, 1.82) is 5.26 Å². The molecule has 0 saturated heterocycles. The van der Waals surface area contributed by atoms with Crippen LogP contribution in [0.2, 0.25) is 5.15 Å². The van der Waals surface area contributed by atoms with E-state index >= 15 is 0 Å². The molecule has 0 spiro atoms. The molecule has 16 heavy (non-hydrogen) atoms. The Balaban J connectivity index is 3.44. The predicted octanol–water partition coefficient (Wildman–Crippen LogP) is 2.52. The Labute approximate surface area is 98.8 Å². The number of aromatic nitrogens is 1. The van der Waals surface area contributed by atoms with Crippen LogP contribution in [0, 0.1) is 11.3 Å². The molecule has 0 unspecified atom stereocenters. The third kappa shape index (κ3) is 2.31. The summed E-state index contributed by atoms with van der Waals surface area (Å²) < 4.78 is 4.59. The molecule has 0 aliphatic carbocycles. The van der Waals surface area contributed by atoms with E-state index in [2.05, 4.69) is 9.72 Å². The van der Waals surface area contributed by atoms with Gasteiger partial charge >= 0.3 is 5.97 Å². The van der Waals surface area contributed by atoms with E-state index in [1.54, 1.807) is 6.07 Å². The van der Waals surface area contributed by atoms with Crippen molar-refractivity contribution in [2.45, 2.75) is 19.8 Å². The van der Waals surface area contributed by atoms with Crippen molar-refractivity contribution >= 4 is 17.6 Å². The highest BCUT2D eigenvalue weighted by Crippen LogP contribution is 2.23. The van der Waals surface area contributed by atoms with E-state index in [-0.39, 0.29) is 22.2 Å². The fourth-order valence-corrected chi connectivity index (χ4v) is 1.45. The van der Waals surface area contributed by atoms with Gasteiger partial charge in [0, 0.05) is 5.69 Å². The van der Waals surface area contributed by atoms with Gasteiger partial charge in [0.05, 0.1) is 12.7 Å². The van der Waals surface area contributed by atoms with Gasteiger partial charge < -0.3 is 4.74 Å². The van der Waals surface area contributed by atoms with Crippen LogP contribution >= 0.6 is 11.6 Å². The first kappa shape index (κ1) is 12.5. The first-order chi connectivity index (χ1) is 7.51. The summed E-state index contributed by atoms with van der Waals surface area (Å²) >= 11 is 5.84. The summed E-state index contributed by atoms with van der Waals surface area (Å²) in [6.07, 6.45) is 0. The molecule has 1 heterocycles. The van der Waals surface area contributed by atoms with Crippen LogP contribution in [-0.2, 0) is 4.74 Å². The summed E-state index contributed by atoms with van der Waals surface area (Å²) in [4.78, 5) is 15.5. The van der Waals surface area contributed by atoms with E-state index in [0.29, 0.717) is 5.69 Å². The van der Waals surface area contributed by atoms with Crippen molar-refractivity contribution in [3.8, 4) is 6.07 Å². The van der Waals surface area contributed by atoms with E-state index in [1.165, 1.54) is 7.11 Å². The summed E-state index contributed by atoms with van der Waals surface area (Å²) in [5.41, 5.74) is 0.871. The van der Waals surface area contributed by atoms with E-state index in [0.717, 1.165) is 0 Å². The summed E-state index contributed by atoms with van der Waals surface area (Å²) in [6.45, 7) is 3.84. The lowest BCUT2D eigenvalue weighted by Crippen LogP contribution is -2.08. The Morgan fingerprint density at radius 2 is 2.25 bits per heavy atom. The van der Waals surface area contributed by atoms with Crippen LogP contribution in [0.3, 0.4) is 0 Å². The molecule has 0 bridgehead atoms. The van der Waals surface area contributed by atoms with Crippen LogP contribution in [-0.4, -0.2) is 18.1 Å². The van der Waals surface area contributed by atoms with E-state index in [4.69, 9.17) is 16.9 Å². The largest absolute Gasteiger partial charge is 0.465 e.